The summed E-state index contributed by atoms with van der Waals surface area (Å²) in [6, 6.07) is 3.85. The molecule has 18 heavy (non-hydrogen) atoms. The lowest BCUT2D eigenvalue weighted by atomic mass is 10.2. The lowest BCUT2D eigenvalue weighted by Gasteiger charge is -2.02. The number of hydrogen-bond donors (Lipinski definition) is 2. The molecular formula is C12H12N4OS. The van der Waals surface area contributed by atoms with Crippen molar-refractivity contribution in [3.05, 3.63) is 29.8 Å². The van der Waals surface area contributed by atoms with Gasteiger partial charge in [0.25, 0.3) is 5.22 Å². The number of anilines is 1. The topological polar surface area (TPSA) is 80.7 Å². The van der Waals surface area contributed by atoms with Crippen LogP contribution in [-0.2, 0) is 0 Å². The van der Waals surface area contributed by atoms with Crippen LogP contribution < -0.4 is 5.73 Å². The highest BCUT2D eigenvalue weighted by atomic mass is 32.2. The van der Waals surface area contributed by atoms with Crippen LogP contribution in [0.1, 0.15) is 11.5 Å². The molecule has 3 aromatic rings. The number of rotatable bonds is 2. The number of nitrogen functional groups attached to an aromatic ring is 1. The second-order valence-corrected chi connectivity index (χ2v) is 5.06. The largest absolute Gasteiger partial charge is 0.436 e. The van der Waals surface area contributed by atoms with Gasteiger partial charge in [-0.25, -0.2) is 4.98 Å². The molecule has 5 nitrogen and oxygen atoms in total. The minimum Gasteiger partial charge on any atom is -0.436 e. The third-order valence-corrected chi connectivity index (χ3v) is 3.70. The van der Waals surface area contributed by atoms with E-state index in [1.165, 1.54) is 11.8 Å². The number of hydrogen-bond acceptors (Lipinski definition) is 5. The fourth-order valence-electron chi connectivity index (χ4n) is 1.66. The van der Waals surface area contributed by atoms with Gasteiger partial charge in [-0.15, -0.1) is 0 Å². The van der Waals surface area contributed by atoms with Crippen LogP contribution >= 0.6 is 11.8 Å². The molecule has 0 saturated carbocycles. The summed E-state index contributed by atoms with van der Waals surface area (Å²) in [5.41, 5.74) is 8.56. The van der Waals surface area contributed by atoms with Crippen LogP contribution in [0.15, 0.2) is 32.9 Å². The molecule has 0 spiro atoms. The van der Waals surface area contributed by atoms with E-state index < -0.39 is 0 Å². The monoisotopic (exact) mass is 260 g/mol. The van der Waals surface area contributed by atoms with Crippen molar-refractivity contribution in [3.8, 4) is 0 Å². The number of fused-ring (bicyclic) bond motifs is 1. The first kappa shape index (κ1) is 11.2. The second kappa shape index (κ2) is 4.06. The maximum atomic E-state index is 6.01. The van der Waals surface area contributed by atoms with Gasteiger partial charge in [-0.3, -0.25) is 5.10 Å². The molecule has 0 saturated heterocycles. The van der Waals surface area contributed by atoms with Crippen LogP contribution in [0, 0.1) is 13.8 Å². The van der Waals surface area contributed by atoms with Crippen molar-refractivity contribution in [2.24, 2.45) is 0 Å². The van der Waals surface area contributed by atoms with Gasteiger partial charge in [-0.1, -0.05) is 0 Å². The summed E-state index contributed by atoms with van der Waals surface area (Å²) in [6.07, 6.45) is 1.75. The highest BCUT2D eigenvalue weighted by Crippen LogP contribution is 2.34. The Morgan fingerprint density at radius 2 is 2.17 bits per heavy atom. The van der Waals surface area contributed by atoms with E-state index in [1.54, 1.807) is 6.20 Å². The van der Waals surface area contributed by atoms with Crippen molar-refractivity contribution in [3.63, 3.8) is 0 Å². The second-order valence-electron chi connectivity index (χ2n) is 4.07. The quantitative estimate of drug-likeness (QED) is 0.692. The van der Waals surface area contributed by atoms with Crippen molar-refractivity contribution in [1.29, 1.82) is 0 Å². The fourth-order valence-corrected chi connectivity index (χ4v) is 2.55. The van der Waals surface area contributed by atoms with Crippen molar-refractivity contribution >= 4 is 28.4 Å². The molecule has 0 aliphatic heterocycles. The molecule has 0 atom stereocenters. The number of aromatic amines is 1. The number of nitrogens with two attached hydrogens (primary N) is 1. The number of nitrogens with zero attached hydrogens (tertiary/aromatic N) is 2. The van der Waals surface area contributed by atoms with E-state index in [4.69, 9.17) is 10.2 Å². The summed E-state index contributed by atoms with van der Waals surface area (Å²) >= 11 is 1.42. The van der Waals surface area contributed by atoms with E-state index in [-0.39, 0.29) is 0 Å². The first-order chi connectivity index (χ1) is 8.63. The average molecular weight is 260 g/mol. The molecule has 0 radical (unpaired) electrons. The summed E-state index contributed by atoms with van der Waals surface area (Å²) in [7, 11) is 0. The summed E-state index contributed by atoms with van der Waals surface area (Å²) in [5.74, 6) is 0.832. The Hall–Kier alpha value is -1.95. The zero-order valence-electron chi connectivity index (χ0n) is 10.0. The molecule has 2 aromatic heterocycles. The highest BCUT2D eigenvalue weighted by molar-refractivity contribution is 7.99. The number of aryl methyl sites for hydroxylation is 2. The number of H-pyrrole nitrogens is 1. The maximum absolute atomic E-state index is 6.01. The van der Waals surface area contributed by atoms with Crippen LogP contribution in [-0.4, -0.2) is 15.2 Å². The summed E-state index contributed by atoms with van der Waals surface area (Å²) < 4.78 is 5.54. The maximum Gasteiger partial charge on any atom is 0.261 e. The minimum atomic E-state index is 0.607. The summed E-state index contributed by atoms with van der Waals surface area (Å²) in [5, 5.41) is 8.50. The zero-order chi connectivity index (χ0) is 12.7. The minimum absolute atomic E-state index is 0.607. The van der Waals surface area contributed by atoms with E-state index >= 15 is 0 Å². The van der Waals surface area contributed by atoms with Crippen molar-refractivity contribution in [2.75, 3.05) is 5.73 Å². The van der Waals surface area contributed by atoms with Crippen LogP contribution in [0.5, 0.6) is 0 Å². The molecule has 6 heteroatoms. The zero-order valence-corrected chi connectivity index (χ0v) is 10.8. The Labute approximate surface area is 108 Å². The molecule has 0 bridgehead atoms. The van der Waals surface area contributed by atoms with Gasteiger partial charge in [0.15, 0.2) is 0 Å². The molecule has 3 rings (SSSR count). The third kappa shape index (κ3) is 1.84. The van der Waals surface area contributed by atoms with Gasteiger partial charge >= 0.3 is 0 Å². The molecular weight excluding hydrogens is 248 g/mol. The first-order valence-electron chi connectivity index (χ1n) is 5.48. The van der Waals surface area contributed by atoms with Gasteiger partial charge in [0.05, 0.1) is 17.4 Å². The predicted octanol–water partition coefficient (Wildman–Crippen LogP) is 2.90. The summed E-state index contributed by atoms with van der Waals surface area (Å²) in [6.45, 7) is 3.82. The van der Waals surface area contributed by atoms with Crippen LogP contribution in [0.4, 0.5) is 5.69 Å². The Bertz CT molecular complexity index is 697. The van der Waals surface area contributed by atoms with E-state index in [0.717, 1.165) is 27.3 Å². The smallest absolute Gasteiger partial charge is 0.261 e. The number of nitrogens with one attached hydrogen (secondary N) is 1. The van der Waals surface area contributed by atoms with E-state index in [0.29, 0.717) is 10.9 Å². The molecule has 0 aliphatic rings. The predicted molar refractivity (Wildman–Crippen MR) is 70.6 cm³/mol. The van der Waals surface area contributed by atoms with Gasteiger partial charge < -0.3 is 10.2 Å². The number of benzene rings is 1. The van der Waals surface area contributed by atoms with Crippen LogP contribution in [0.25, 0.3) is 10.9 Å². The molecule has 0 amide bonds. The lowest BCUT2D eigenvalue weighted by molar-refractivity contribution is 0.431. The van der Waals surface area contributed by atoms with E-state index in [9.17, 15) is 0 Å². The fraction of sp³-hybridized carbons (Fsp3) is 0.167. The average Bonchev–Trinajstić information content (AvgIpc) is 2.87. The van der Waals surface area contributed by atoms with Crippen molar-refractivity contribution in [2.45, 2.75) is 24.0 Å². The molecule has 0 unspecified atom stereocenters. The van der Waals surface area contributed by atoms with Gasteiger partial charge in [-0.2, -0.15) is 5.10 Å². The van der Waals surface area contributed by atoms with E-state index in [1.807, 2.05) is 26.0 Å². The molecule has 0 fully saturated rings. The lowest BCUT2D eigenvalue weighted by Crippen LogP contribution is -1.88. The van der Waals surface area contributed by atoms with Gasteiger partial charge in [0.1, 0.15) is 5.76 Å². The SMILES string of the molecule is Cc1nc(Sc2cc3[nH]ncc3cc2N)oc1C. The van der Waals surface area contributed by atoms with Crippen molar-refractivity contribution < 1.29 is 4.42 Å². The molecule has 2 heterocycles. The standard InChI is InChI=1S/C12H12N4OS/c1-6-7(2)17-12(15-6)18-11-4-10-8(3-9(11)13)5-14-16-10/h3-5H,13H2,1-2H3,(H,14,16). The Morgan fingerprint density at radius 1 is 1.33 bits per heavy atom. The number of aromatic nitrogens is 3. The van der Waals surface area contributed by atoms with E-state index in [2.05, 4.69) is 15.2 Å². The highest BCUT2D eigenvalue weighted by Gasteiger charge is 2.11. The van der Waals surface area contributed by atoms with Gasteiger partial charge in [0.2, 0.25) is 0 Å². The van der Waals surface area contributed by atoms with Gasteiger partial charge in [0, 0.05) is 16.0 Å². The van der Waals surface area contributed by atoms with Crippen molar-refractivity contribution in [1.82, 2.24) is 15.2 Å². The molecule has 92 valence electrons. The molecule has 0 aliphatic carbocycles. The Balaban J connectivity index is 2.00. The van der Waals surface area contributed by atoms with Crippen LogP contribution in [0.3, 0.4) is 0 Å². The summed E-state index contributed by atoms with van der Waals surface area (Å²) in [4.78, 5) is 5.24. The molecule has 1 aromatic carbocycles. The van der Waals surface area contributed by atoms with Crippen LogP contribution in [0.2, 0.25) is 0 Å². The molecule has 3 N–H and O–H groups in total. The third-order valence-electron chi connectivity index (χ3n) is 2.78. The Morgan fingerprint density at radius 3 is 2.89 bits per heavy atom. The number of oxazole rings is 1. The first-order valence-corrected chi connectivity index (χ1v) is 6.29. The Kier molecular flexibility index (Phi) is 2.52. The van der Waals surface area contributed by atoms with Gasteiger partial charge in [-0.05, 0) is 37.7 Å². The normalized spacial score (nSPS) is 11.2.